The highest BCUT2D eigenvalue weighted by Gasteiger charge is 2.11. The Bertz CT molecular complexity index is 625. The predicted octanol–water partition coefficient (Wildman–Crippen LogP) is 1.92. The maximum Gasteiger partial charge on any atom is 0.328 e. The number of sulfone groups is 1. The molecule has 7 heteroatoms. The largest absolute Gasteiger partial charge is 0.478 e. The van der Waals surface area contributed by atoms with Gasteiger partial charge in [0.05, 0.1) is 5.75 Å². The molecule has 0 heterocycles. The van der Waals surface area contributed by atoms with Crippen LogP contribution in [0.5, 0.6) is 0 Å². The van der Waals surface area contributed by atoms with E-state index in [0.717, 1.165) is 6.08 Å². The van der Waals surface area contributed by atoms with Crippen LogP contribution < -0.4 is 4.90 Å². The summed E-state index contributed by atoms with van der Waals surface area (Å²) in [5.41, 5.74) is 1.23. The minimum Gasteiger partial charge on any atom is -0.478 e. The van der Waals surface area contributed by atoms with Gasteiger partial charge in [0.25, 0.3) is 0 Å². The lowest BCUT2D eigenvalue weighted by Crippen LogP contribution is -2.25. The molecule has 0 amide bonds. The lowest BCUT2D eigenvalue weighted by atomic mass is 10.1. The van der Waals surface area contributed by atoms with E-state index < -0.39 is 15.8 Å². The Morgan fingerprint density at radius 3 is 2.65 bits per heavy atom. The van der Waals surface area contributed by atoms with Gasteiger partial charge < -0.3 is 10.0 Å². The Kier molecular flexibility index (Phi) is 5.59. The summed E-state index contributed by atoms with van der Waals surface area (Å²) in [6.45, 7) is 0.299. The maximum atomic E-state index is 11.2. The average molecular weight is 318 g/mol. The highest BCUT2D eigenvalue weighted by Crippen LogP contribution is 2.28. The van der Waals surface area contributed by atoms with Crippen molar-refractivity contribution in [2.45, 2.75) is 0 Å². The van der Waals surface area contributed by atoms with Crippen LogP contribution in [0, 0.1) is 0 Å². The van der Waals surface area contributed by atoms with Crippen molar-refractivity contribution in [3.8, 4) is 0 Å². The molecule has 0 aliphatic heterocycles. The van der Waals surface area contributed by atoms with Gasteiger partial charge in [-0.25, -0.2) is 13.2 Å². The molecule has 0 aliphatic carbocycles. The number of rotatable bonds is 6. The summed E-state index contributed by atoms with van der Waals surface area (Å²) < 4.78 is 22.4. The Balaban J connectivity index is 3.05. The van der Waals surface area contributed by atoms with E-state index in [1.54, 1.807) is 30.1 Å². The third kappa shape index (κ3) is 5.22. The van der Waals surface area contributed by atoms with Gasteiger partial charge in [0.15, 0.2) is 0 Å². The van der Waals surface area contributed by atoms with E-state index in [2.05, 4.69) is 0 Å². The quantitative estimate of drug-likeness (QED) is 0.811. The Morgan fingerprint density at radius 1 is 1.45 bits per heavy atom. The van der Waals surface area contributed by atoms with Gasteiger partial charge in [0, 0.05) is 42.2 Å². The number of anilines is 1. The van der Waals surface area contributed by atoms with Gasteiger partial charge >= 0.3 is 5.97 Å². The van der Waals surface area contributed by atoms with Gasteiger partial charge in [-0.05, 0) is 18.2 Å². The number of carboxylic acids is 1. The zero-order valence-corrected chi connectivity index (χ0v) is 12.8. The molecule has 20 heavy (non-hydrogen) atoms. The summed E-state index contributed by atoms with van der Waals surface area (Å²) in [4.78, 5) is 12.3. The smallest absolute Gasteiger partial charge is 0.328 e. The van der Waals surface area contributed by atoms with E-state index in [0.29, 0.717) is 22.8 Å². The standard InChI is InChI=1S/C13H16ClNO4S/c1-15(8-9-20(2,18)19)12-5-3-4-11(14)10(12)6-7-13(16)17/h3-7H,8-9H2,1-2H3,(H,16,17). The zero-order valence-electron chi connectivity index (χ0n) is 11.2. The first kappa shape index (κ1) is 16.5. The first-order valence-corrected chi connectivity index (χ1v) is 8.23. The summed E-state index contributed by atoms with van der Waals surface area (Å²) in [7, 11) is -1.33. The molecule has 1 rings (SSSR count). The fourth-order valence-corrected chi connectivity index (χ4v) is 2.44. The van der Waals surface area contributed by atoms with Gasteiger partial charge in [-0.1, -0.05) is 17.7 Å². The summed E-state index contributed by atoms with van der Waals surface area (Å²) in [6, 6.07) is 5.14. The van der Waals surface area contributed by atoms with Crippen LogP contribution in [0.2, 0.25) is 5.02 Å². The van der Waals surface area contributed by atoms with Crippen molar-refractivity contribution in [2.75, 3.05) is 30.5 Å². The molecule has 0 aromatic heterocycles. The van der Waals surface area contributed by atoms with Crippen LogP contribution in [-0.2, 0) is 14.6 Å². The fourth-order valence-electron chi connectivity index (χ4n) is 1.60. The molecule has 0 saturated carbocycles. The van der Waals surface area contributed by atoms with Crippen molar-refractivity contribution >= 4 is 39.2 Å². The topological polar surface area (TPSA) is 74.7 Å². The first-order valence-electron chi connectivity index (χ1n) is 5.79. The summed E-state index contributed by atoms with van der Waals surface area (Å²) in [5, 5.41) is 9.09. The molecule has 0 bridgehead atoms. The molecule has 0 saturated heterocycles. The van der Waals surface area contributed by atoms with E-state index in [1.807, 2.05) is 0 Å². The number of carboxylic acid groups (broad SMARTS) is 1. The van der Waals surface area contributed by atoms with E-state index in [9.17, 15) is 13.2 Å². The zero-order chi connectivity index (χ0) is 15.3. The second-order valence-corrected chi connectivity index (χ2v) is 7.06. The number of aliphatic carboxylic acids is 1. The van der Waals surface area contributed by atoms with Crippen LogP contribution in [0.15, 0.2) is 24.3 Å². The molecule has 5 nitrogen and oxygen atoms in total. The number of benzene rings is 1. The lowest BCUT2D eigenvalue weighted by Gasteiger charge is -2.21. The first-order chi connectivity index (χ1) is 9.20. The lowest BCUT2D eigenvalue weighted by molar-refractivity contribution is -0.131. The summed E-state index contributed by atoms with van der Waals surface area (Å²) in [5.74, 6) is -1.06. The van der Waals surface area contributed by atoms with E-state index >= 15 is 0 Å². The number of carbonyl (C=O) groups is 1. The highest BCUT2D eigenvalue weighted by atomic mass is 35.5. The minimum atomic E-state index is -3.06. The number of hydrogen-bond donors (Lipinski definition) is 1. The van der Waals surface area contributed by atoms with E-state index in [1.165, 1.54) is 12.3 Å². The molecule has 0 atom stereocenters. The van der Waals surface area contributed by atoms with Crippen molar-refractivity contribution in [2.24, 2.45) is 0 Å². The van der Waals surface area contributed by atoms with Crippen molar-refractivity contribution in [1.82, 2.24) is 0 Å². The predicted molar refractivity (Wildman–Crippen MR) is 81.1 cm³/mol. The van der Waals surface area contributed by atoms with Crippen molar-refractivity contribution in [1.29, 1.82) is 0 Å². The number of nitrogens with zero attached hydrogens (tertiary/aromatic N) is 1. The third-order valence-corrected chi connectivity index (χ3v) is 3.88. The molecule has 0 fully saturated rings. The van der Waals surface area contributed by atoms with Crippen LogP contribution >= 0.6 is 11.6 Å². The van der Waals surface area contributed by atoms with E-state index in [4.69, 9.17) is 16.7 Å². The molecular weight excluding hydrogens is 302 g/mol. The Labute approximate surface area is 123 Å². The maximum absolute atomic E-state index is 11.2. The molecule has 0 unspecified atom stereocenters. The molecular formula is C13H16ClNO4S. The van der Waals surface area contributed by atoms with Gasteiger partial charge in [-0.2, -0.15) is 0 Å². The van der Waals surface area contributed by atoms with Crippen LogP contribution in [0.4, 0.5) is 5.69 Å². The number of halogens is 1. The minimum absolute atomic E-state index is 0.0120. The molecule has 1 aromatic rings. The van der Waals surface area contributed by atoms with E-state index in [-0.39, 0.29) is 5.75 Å². The molecule has 0 aliphatic rings. The highest BCUT2D eigenvalue weighted by molar-refractivity contribution is 7.90. The van der Waals surface area contributed by atoms with Crippen LogP contribution in [-0.4, -0.2) is 45.1 Å². The summed E-state index contributed by atoms with van der Waals surface area (Å²) >= 11 is 6.06. The molecule has 0 radical (unpaired) electrons. The molecule has 0 spiro atoms. The second kappa shape index (κ2) is 6.76. The van der Waals surface area contributed by atoms with Crippen molar-refractivity contribution in [3.63, 3.8) is 0 Å². The van der Waals surface area contributed by atoms with Gasteiger partial charge in [-0.15, -0.1) is 0 Å². The van der Waals surface area contributed by atoms with Crippen LogP contribution in [0.25, 0.3) is 6.08 Å². The molecule has 110 valence electrons. The molecule has 1 aromatic carbocycles. The van der Waals surface area contributed by atoms with Crippen molar-refractivity contribution in [3.05, 3.63) is 34.9 Å². The second-order valence-electron chi connectivity index (χ2n) is 4.40. The summed E-state index contributed by atoms with van der Waals surface area (Å²) in [6.07, 6.45) is 3.57. The van der Waals surface area contributed by atoms with Gasteiger partial charge in [-0.3, -0.25) is 0 Å². The van der Waals surface area contributed by atoms with Crippen LogP contribution in [0.1, 0.15) is 5.56 Å². The SMILES string of the molecule is CN(CCS(C)(=O)=O)c1cccc(Cl)c1C=CC(=O)O. The monoisotopic (exact) mass is 317 g/mol. The fraction of sp³-hybridized carbons (Fsp3) is 0.308. The van der Waals surface area contributed by atoms with Gasteiger partial charge in [0.2, 0.25) is 0 Å². The Morgan fingerprint density at radius 2 is 2.10 bits per heavy atom. The average Bonchev–Trinajstić information content (AvgIpc) is 2.33. The third-order valence-electron chi connectivity index (χ3n) is 2.63. The molecule has 1 N–H and O–H groups in total. The number of hydrogen-bond acceptors (Lipinski definition) is 4. The van der Waals surface area contributed by atoms with Crippen LogP contribution in [0.3, 0.4) is 0 Å². The normalized spacial score (nSPS) is 11.8. The Hall–Kier alpha value is -1.53. The van der Waals surface area contributed by atoms with Crippen molar-refractivity contribution < 1.29 is 18.3 Å². The van der Waals surface area contributed by atoms with Gasteiger partial charge in [0.1, 0.15) is 9.84 Å².